The summed E-state index contributed by atoms with van der Waals surface area (Å²) < 4.78 is 0. The van der Waals surface area contributed by atoms with E-state index >= 15 is 0 Å². The van der Waals surface area contributed by atoms with Crippen LogP contribution in [-0.4, -0.2) is 41.5 Å². The largest absolute Gasteiger partial charge is 0.395 e. The molecule has 1 N–H and O–H groups in total. The lowest BCUT2D eigenvalue weighted by Crippen LogP contribution is -2.38. The zero-order valence-corrected chi connectivity index (χ0v) is 14.1. The van der Waals surface area contributed by atoms with Gasteiger partial charge in [-0.25, -0.2) is 0 Å². The second kappa shape index (κ2) is 9.42. The number of hydrogen-bond donors (Lipinski definition) is 1. The van der Waals surface area contributed by atoms with E-state index in [0.717, 1.165) is 12.8 Å². The number of rotatable bonds is 9. The van der Waals surface area contributed by atoms with E-state index in [4.69, 9.17) is 23.2 Å². The average molecular weight is 332 g/mol. The van der Waals surface area contributed by atoms with Crippen molar-refractivity contribution in [2.75, 3.05) is 19.7 Å². The number of benzene rings is 1. The Balaban J connectivity index is 2.71. The number of Topliss-reactive ketones (excluding diaryl/α,β-unsaturated/α-hetero) is 1. The van der Waals surface area contributed by atoms with Crippen LogP contribution in [0.5, 0.6) is 0 Å². The Kier molecular flexibility index (Phi) is 8.27. The normalized spacial score (nSPS) is 11.4. The molecule has 118 valence electrons. The Morgan fingerprint density at radius 1 is 1.24 bits per heavy atom. The Morgan fingerprint density at radius 2 is 1.90 bits per heavy atom. The molecule has 0 aliphatic carbocycles. The van der Waals surface area contributed by atoms with Crippen LogP contribution in [-0.2, 0) is 0 Å². The molecule has 1 rings (SSSR count). The van der Waals surface area contributed by atoms with E-state index < -0.39 is 0 Å². The van der Waals surface area contributed by atoms with Crippen molar-refractivity contribution in [2.24, 2.45) is 0 Å². The predicted molar refractivity (Wildman–Crippen MR) is 88.4 cm³/mol. The first-order valence-corrected chi connectivity index (χ1v) is 8.12. The van der Waals surface area contributed by atoms with Crippen molar-refractivity contribution in [3.05, 3.63) is 33.8 Å². The molecule has 0 aromatic heterocycles. The van der Waals surface area contributed by atoms with Crippen LogP contribution in [0.3, 0.4) is 0 Å². The van der Waals surface area contributed by atoms with Crippen molar-refractivity contribution in [3.8, 4) is 0 Å². The first-order chi connectivity index (χ1) is 10.0. The lowest BCUT2D eigenvalue weighted by atomic mass is 10.1. The van der Waals surface area contributed by atoms with E-state index in [1.54, 1.807) is 18.2 Å². The molecule has 21 heavy (non-hydrogen) atoms. The maximum absolute atomic E-state index is 12.3. The lowest BCUT2D eigenvalue weighted by molar-refractivity contribution is 0.0927. The molecule has 0 amide bonds. The third kappa shape index (κ3) is 5.26. The molecule has 5 heteroatoms. The van der Waals surface area contributed by atoms with E-state index in [-0.39, 0.29) is 12.4 Å². The van der Waals surface area contributed by atoms with Gasteiger partial charge in [-0.3, -0.25) is 9.69 Å². The van der Waals surface area contributed by atoms with Gasteiger partial charge in [-0.15, -0.1) is 0 Å². The van der Waals surface area contributed by atoms with Crippen LogP contribution in [0.15, 0.2) is 18.2 Å². The fraction of sp³-hybridized carbons (Fsp3) is 0.562. The second-order valence-corrected chi connectivity index (χ2v) is 5.79. The maximum atomic E-state index is 12.3. The number of nitrogens with zero attached hydrogens (tertiary/aromatic N) is 1. The van der Waals surface area contributed by atoms with E-state index in [2.05, 4.69) is 18.7 Å². The lowest BCUT2D eigenvalue weighted by Gasteiger charge is -2.29. The second-order valence-electron chi connectivity index (χ2n) is 5.00. The summed E-state index contributed by atoms with van der Waals surface area (Å²) in [5, 5.41) is 9.89. The van der Waals surface area contributed by atoms with Gasteiger partial charge in [-0.05, 0) is 25.0 Å². The molecule has 0 heterocycles. The summed E-state index contributed by atoms with van der Waals surface area (Å²) in [5.74, 6) is -0.0172. The molecule has 0 saturated carbocycles. The fourth-order valence-corrected chi connectivity index (χ4v) is 2.92. The predicted octanol–water partition coefficient (Wildman–Crippen LogP) is 4.05. The summed E-state index contributed by atoms with van der Waals surface area (Å²) in [7, 11) is 0. The highest BCUT2D eigenvalue weighted by Crippen LogP contribution is 2.26. The molecule has 0 fully saturated rings. The van der Waals surface area contributed by atoms with E-state index in [1.165, 1.54) is 0 Å². The van der Waals surface area contributed by atoms with Crippen LogP contribution >= 0.6 is 23.2 Å². The molecule has 3 nitrogen and oxygen atoms in total. The van der Waals surface area contributed by atoms with Crippen molar-refractivity contribution in [2.45, 2.75) is 39.2 Å². The SMILES string of the molecule is CCC(CC)N(CCO)CCC(=O)c1cccc(Cl)c1Cl. The highest BCUT2D eigenvalue weighted by molar-refractivity contribution is 6.43. The van der Waals surface area contributed by atoms with Gasteiger partial charge in [0.05, 0.1) is 16.7 Å². The Morgan fingerprint density at radius 3 is 2.48 bits per heavy atom. The smallest absolute Gasteiger partial charge is 0.165 e. The molecular weight excluding hydrogens is 309 g/mol. The Bertz CT molecular complexity index is 462. The first kappa shape index (κ1) is 18.4. The quantitative estimate of drug-likeness (QED) is 0.694. The van der Waals surface area contributed by atoms with Crippen LogP contribution < -0.4 is 0 Å². The zero-order chi connectivity index (χ0) is 15.8. The summed E-state index contributed by atoms with van der Waals surface area (Å²) in [6.45, 7) is 5.54. The molecule has 0 unspecified atom stereocenters. The van der Waals surface area contributed by atoms with Crippen LogP contribution in [0.1, 0.15) is 43.5 Å². The molecule has 0 aliphatic heterocycles. The minimum Gasteiger partial charge on any atom is -0.395 e. The standard InChI is InChI=1S/C16H23Cl2NO2/c1-3-12(4-2)19(10-11-20)9-8-15(21)13-6-5-7-14(17)16(13)18/h5-7,12,20H,3-4,8-11H2,1-2H3. The molecular formula is C16H23Cl2NO2. The van der Waals surface area contributed by atoms with Crippen molar-refractivity contribution in [3.63, 3.8) is 0 Å². The van der Waals surface area contributed by atoms with Crippen molar-refractivity contribution in [1.82, 2.24) is 4.90 Å². The third-order valence-electron chi connectivity index (χ3n) is 3.72. The Hall–Kier alpha value is -0.610. The number of aliphatic hydroxyl groups excluding tert-OH is 1. The van der Waals surface area contributed by atoms with E-state index in [9.17, 15) is 9.90 Å². The average Bonchev–Trinajstić information content (AvgIpc) is 2.48. The van der Waals surface area contributed by atoms with Gasteiger partial charge in [0.2, 0.25) is 0 Å². The van der Waals surface area contributed by atoms with Crippen molar-refractivity contribution >= 4 is 29.0 Å². The van der Waals surface area contributed by atoms with Crippen molar-refractivity contribution in [1.29, 1.82) is 0 Å². The fourth-order valence-electron chi connectivity index (χ4n) is 2.51. The molecule has 0 aliphatic rings. The highest BCUT2D eigenvalue weighted by atomic mass is 35.5. The maximum Gasteiger partial charge on any atom is 0.165 e. The number of hydrogen-bond acceptors (Lipinski definition) is 3. The molecule has 1 aromatic rings. The number of ketones is 1. The molecule has 1 aromatic carbocycles. The van der Waals surface area contributed by atoms with Gasteiger partial charge in [0.15, 0.2) is 5.78 Å². The number of carbonyl (C=O) groups is 1. The van der Waals surface area contributed by atoms with Crippen LogP contribution in [0.25, 0.3) is 0 Å². The molecule has 0 bridgehead atoms. The van der Waals surface area contributed by atoms with Gasteiger partial charge in [-0.1, -0.05) is 43.1 Å². The minimum atomic E-state index is -0.0172. The van der Waals surface area contributed by atoms with Gasteiger partial charge < -0.3 is 5.11 Å². The van der Waals surface area contributed by atoms with Gasteiger partial charge in [0, 0.05) is 31.1 Å². The van der Waals surface area contributed by atoms with Crippen LogP contribution in [0.4, 0.5) is 0 Å². The summed E-state index contributed by atoms with van der Waals surface area (Å²) in [4.78, 5) is 14.5. The monoisotopic (exact) mass is 331 g/mol. The van der Waals surface area contributed by atoms with Crippen LogP contribution in [0, 0.1) is 0 Å². The van der Waals surface area contributed by atoms with E-state index in [1.807, 2.05) is 0 Å². The minimum absolute atomic E-state index is 0.0172. The molecule has 0 saturated heterocycles. The van der Waals surface area contributed by atoms with Gasteiger partial charge in [0.25, 0.3) is 0 Å². The molecule has 0 radical (unpaired) electrons. The van der Waals surface area contributed by atoms with Crippen molar-refractivity contribution < 1.29 is 9.90 Å². The Labute approximate surface area is 136 Å². The first-order valence-electron chi connectivity index (χ1n) is 7.37. The molecule has 0 atom stereocenters. The van der Waals surface area contributed by atoms with Gasteiger partial charge in [-0.2, -0.15) is 0 Å². The zero-order valence-electron chi connectivity index (χ0n) is 12.6. The summed E-state index contributed by atoms with van der Waals surface area (Å²) in [6, 6.07) is 5.49. The number of halogens is 2. The van der Waals surface area contributed by atoms with E-state index in [0.29, 0.717) is 41.2 Å². The summed E-state index contributed by atoms with van der Waals surface area (Å²) in [6.07, 6.45) is 2.38. The molecule has 0 spiro atoms. The summed E-state index contributed by atoms with van der Waals surface area (Å²) >= 11 is 12.0. The van der Waals surface area contributed by atoms with Crippen LogP contribution in [0.2, 0.25) is 10.0 Å². The number of carbonyl (C=O) groups excluding carboxylic acids is 1. The summed E-state index contributed by atoms with van der Waals surface area (Å²) in [5.41, 5.74) is 0.470. The van der Waals surface area contributed by atoms with Gasteiger partial charge in [0.1, 0.15) is 0 Å². The topological polar surface area (TPSA) is 40.5 Å². The highest BCUT2D eigenvalue weighted by Gasteiger charge is 2.18. The third-order valence-corrected chi connectivity index (χ3v) is 4.54. The van der Waals surface area contributed by atoms with Gasteiger partial charge >= 0.3 is 0 Å². The number of aliphatic hydroxyl groups is 1.